The number of benzene rings is 3. The quantitative estimate of drug-likeness (QED) is 0.422. The van der Waals surface area contributed by atoms with E-state index in [9.17, 15) is 0 Å². The van der Waals surface area contributed by atoms with Crippen molar-refractivity contribution in [3.8, 4) is 5.69 Å². The molecule has 1 aliphatic heterocycles. The molecule has 130 valence electrons. The normalized spacial score (nSPS) is 14.7. The fourth-order valence-electron chi connectivity index (χ4n) is 3.57. The average Bonchev–Trinajstić information content (AvgIpc) is 3.05. The molecule has 0 fully saturated rings. The highest BCUT2D eigenvalue weighted by Crippen LogP contribution is 2.45. The minimum atomic E-state index is 1.17. The predicted molar refractivity (Wildman–Crippen MR) is 114 cm³/mol. The van der Waals surface area contributed by atoms with Crippen LogP contribution in [-0.4, -0.2) is 7.05 Å². The molecule has 0 radical (unpaired) electrons. The zero-order valence-corrected chi connectivity index (χ0v) is 15.9. The maximum atomic E-state index is 2.29. The van der Waals surface area contributed by atoms with Crippen molar-refractivity contribution in [2.24, 2.45) is 0 Å². The first-order valence-electron chi connectivity index (χ1n) is 9.02. The maximum Gasteiger partial charge on any atom is 0.219 e. The molecule has 0 amide bonds. The van der Waals surface area contributed by atoms with Gasteiger partial charge in [-0.1, -0.05) is 54.2 Å². The molecule has 3 heteroatoms. The van der Waals surface area contributed by atoms with Crippen LogP contribution in [0.5, 0.6) is 0 Å². The summed E-state index contributed by atoms with van der Waals surface area (Å²) in [5, 5.41) is 2.50. The molecule has 3 aromatic carbocycles. The Balaban J connectivity index is 1.64. The summed E-state index contributed by atoms with van der Waals surface area (Å²) in [5.41, 5.74) is 4.89. The Labute approximate surface area is 163 Å². The number of anilines is 1. The predicted octanol–water partition coefficient (Wildman–Crippen LogP) is 5.66. The lowest BCUT2D eigenvalue weighted by Gasteiger charge is -2.13. The van der Waals surface area contributed by atoms with E-state index in [0.29, 0.717) is 0 Å². The van der Waals surface area contributed by atoms with Crippen molar-refractivity contribution in [3.63, 3.8) is 0 Å². The molecule has 27 heavy (non-hydrogen) atoms. The summed E-state index contributed by atoms with van der Waals surface area (Å²) in [6, 6.07) is 29.9. The van der Waals surface area contributed by atoms with Gasteiger partial charge in [0.25, 0.3) is 0 Å². The standard InChI is InChI=1S/C24H19N2S/c1-25-22-13-7-8-14-23(22)27-24(25)17-18-15-16-26(19-9-3-2-4-10-19)21-12-6-5-11-20(18)21/h2-17H,1H3/q+1. The molecule has 0 spiro atoms. The summed E-state index contributed by atoms with van der Waals surface area (Å²) >= 11 is 1.83. The van der Waals surface area contributed by atoms with Crippen molar-refractivity contribution >= 4 is 34.4 Å². The topological polar surface area (TPSA) is 7.12 Å². The lowest BCUT2D eigenvalue weighted by molar-refractivity contribution is -0.567. The van der Waals surface area contributed by atoms with E-state index in [1.165, 1.54) is 37.8 Å². The molecule has 0 N–H and O–H groups in total. The number of nitrogens with zero attached hydrogens (tertiary/aromatic N) is 2. The van der Waals surface area contributed by atoms with Gasteiger partial charge in [-0.15, -0.1) is 0 Å². The number of aromatic nitrogens is 1. The minimum Gasteiger partial charge on any atom is -0.338 e. The van der Waals surface area contributed by atoms with Crippen molar-refractivity contribution < 1.29 is 4.57 Å². The van der Waals surface area contributed by atoms with Crippen LogP contribution in [-0.2, 0) is 0 Å². The monoisotopic (exact) mass is 367 g/mol. The second kappa shape index (κ2) is 6.60. The number of pyridine rings is 1. The van der Waals surface area contributed by atoms with Crippen molar-refractivity contribution in [2.75, 3.05) is 11.9 Å². The van der Waals surface area contributed by atoms with E-state index in [4.69, 9.17) is 0 Å². The molecular weight excluding hydrogens is 348 g/mol. The molecular formula is C24H19N2S+. The van der Waals surface area contributed by atoms with E-state index in [-0.39, 0.29) is 0 Å². The largest absolute Gasteiger partial charge is 0.338 e. The minimum absolute atomic E-state index is 1.17. The summed E-state index contributed by atoms with van der Waals surface area (Å²) in [6.45, 7) is 0. The van der Waals surface area contributed by atoms with Crippen LogP contribution in [0.15, 0.2) is 101 Å². The number of hydrogen-bond acceptors (Lipinski definition) is 2. The Bertz CT molecular complexity index is 1170. The maximum absolute atomic E-state index is 2.29. The van der Waals surface area contributed by atoms with E-state index < -0.39 is 0 Å². The van der Waals surface area contributed by atoms with Crippen molar-refractivity contribution in [1.82, 2.24) is 0 Å². The highest BCUT2D eigenvalue weighted by atomic mass is 32.2. The van der Waals surface area contributed by atoms with Crippen LogP contribution in [0.4, 0.5) is 5.69 Å². The second-order valence-corrected chi connectivity index (χ2v) is 7.67. The lowest BCUT2D eigenvalue weighted by atomic mass is 10.1. The number of thioether (sulfide) groups is 1. The molecule has 1 aliphatic rings. The molecule has 0 atom stereocenters. The number of para-hydroxylation sites is 3. The molecule has 2 heterocycles. The fourth-order valence-corrected chi connectivity index (χ4v) is 4.67. The van der Waals surface area contributed by atoms with Gasteiger partial charge in [0, 0.05) is 36.2 Å². The van der Waals surface area contributed by atoms with Crippen LogP contribution in [0.1, 0.15) is 5.56 Å². The van der Waals surface area contributed by atoms with Gasteiger partial charge in [0.2, 0.25) is 11.2 Å². The third-order valence-electron chi connectivity index (χ3n) is 4.96. The number of fused-ring (bicyclic) bond motifs is 2. The van der Waals surface area contributed by atoms with Gasteiger partial charge in [-0.3, -0.25) is 0 Å². The Morgan fingerprint density at radius 1 is 0.815 bits per heavy atom. The smallest absolute Gasteiger partial charge is 0.219 e. The van der Waals surface area contributed by atoms with E-state index >= 15 is 0 Å². The van der Waals surface area contributed by atoms with Crippen LogP contribution in [0.25, 0.3) is 22.7 Å². The van der Waals surface area contributed by atoms with Gasteiger partial charge in [0.1, 0.15) is 0 Å². The van der Waals surface area contributed by atoms with Gasteiger partial charge >= 0.3 is 0 Å². The van der Waals surface area contributed by atoms with Crippen molar-refractivity contribution in [2.45, 2.75) is 4.90 Å². The van der Waals surface area contributed by atoms with Gasteiger partial charge in [-0.2, -0.15) is 4.57 Å². The Hall–Kier alpha value is -3.04. The molecule has 0 saturated carbocycles. The molecule has 0 unspecified atom stereocenters. The number of hydrogen-bond donors (Lipinski definition) is 0. The van der Waals surface area contributed by atoms with Crippen LogP contribution < -0.4 is 9.47 Å². The first kappa shape index (κ1) is 16.2. The van der Waals surface area contributed by atoms with Gasteiger partial charge in [-0.05, 0) is 29.8 Å². The lowest BCUT2D eigenvalue weighted by Crippen LogP contribution is -2.31. The summed E-state index contributed by atoms with van der Waals surface area (Å²) in [5.74, 6) is 0. The molecule has 2 nitrogen and oxygen atoms in total. The SMILES string of the molecule is CN1C(=Cc2cc[n+](-c3ccccc3)c3ccccc23)Sc2ccccc21. The summed E-state index contributed by atoms with van der Waals surface area (Å²) < 4.78 is 2.25. The summed E-state index contributed by atoms with van der Waals surface area (Å²) in [4.78, 5) is 3.58. The van der Waals surface area contributed by atoms with Gasteiger partial charge in [0.15, 0.2) is 6.20 Å². The van der Waals surface area contributed by atoms with Gasteiger partial charge in [0.05, 0.1) is 16.1 Å². The third-order valence-corrected chi connectivity index (χ3v) is 6.13. The van der Waals surface area contributed by atoms with E-state index in [1.54, 1.807) is 0 Å². The van der Waals surface area contributed by atoms with Gasteiger partial charge < -0.3 is 4.90 Å². The van der Waals surface area contributed by atoms with E-state index in [2.05, 4.69) is 114 Å². The Kier molecular flexibility index (Phi) is 3.95. The zero-order valence-electron chi connectivity index (χ0n) is 15.0. The highest BCUT2D eigenvalue weighted by molar-refractivity contribution is 8.03. The molecule has 0 saturated heterocycles. The fraction of sp³-hybridized carbons (Fsp3) is 0.0417. The van der Waals surface area contributed by atoms with Crippen LogP contribution >= 0.6 is 11.8 Å². The molecule has 0 aliphatic carbocycles. The van der Waals surface area contributed by atoms with Gasteiger partial charge in [-0.25, -0.2) is 0 Å². The van der Waals surface area contributed by atoms with Crippen LogP contribution in [0.3, 0.4) is 0 Å². The second-order valence-electron chi connectivity index (χ2n) is 6.61. The molecule has 0 bridgehead atoms. The van der Waals surface area contributed by atoms with E-state index in [0.717, 1.165) is 0 Å². The zero-order chi connectivity index (χ0) is 18.2. The summed E-state index contributed by atoms with van der Waals surface area (Å²) in [6.07, 6.45) is 4.46. The van der Waals surface area contributed by atoms with Crippen molar-refractivity contribution in [3.05, 3.63) is 102 Å². The first-order valence-corrected chi connectivity index (χ1v) is 9.84. The molecule has 5 rings (SSSR count). The van der Waals surface area contributed by atoms with Crippen LogP contribution in [0.2, 0.25) is 0 Å². The number of rotatable bonds is 2. The molecule has 1 aromatic heterocycles. The summed E-state index contributed by atoms with van der Waals surface area (Å²) in [7, 11) is 2.14. The van der Waals surface area contributed by atoms with E-state index in [1.807, 2.05) is 11.8 Å². The van der Waals surface area contributed by atoms with Crippen molar-refractivity contribution in [1.29, 1.82) is 0 Å². The Morgan fingerprint density at radius 3 is 2.41 bits per heavy atom. The Morgan fingerprint density at radius 2 is 1.56 bits per heavy atom. The van der Waals surface area contributed by atoms with Crippen LogP contribution in [0, 0.1) is 0 Å². The third kappa shape index (κ3) is 2.81. The molecule has 4 aromatic rings. The average molecular weight is 367 g/mol. The first-order chi connectivity index (χ1) is 13.3. The highest BCUT2D eigenvalue weighted by Gasteiger charge is 2.22.